The Morgan fingerprint density at radius 3 is 2.61 bits per heavy atom. The van der Waals surface area contributed by atoms with Crippen molar-refractivity contribution in [1.82, 2.24) is 4.90 Å². The van der Waals surface area contributed by atoms with Gasteiger partial charge in [0.25, 0.3) is 0 Å². The maximum Gasteiger partial charge on any atom is 0.312 e. The van der Waals surface area contributed by atoms with Gasteiger partial charge in [0.2, 0.25) is 11.8 Å². The first-order valence-electron chi connectivity index (χ1n) is 13.1. The summed E-state index contributed by atoms with van der Waals surface area (Å²) in [5.74, 6) is -3.08. The summed E-state index contributed by atoms with van der Waals surface area (Å²) in [6.07, 6.45) is 1.27. The molecule has 202 valence electrons. The minimum absolute atomic E-state index is 0.173. The van der Waals surface area contributed by atoms with Crippen molar-refractivity contribution in [3.05, 3.63) is 64.7 Å². The number of likely N-dealkylation sites (tertiary alicyclic amines) is 1. The number of hydrogen-bond donors (Lipinski definition) is 2. The number of aliphatic hydroxyl groups excluding tert-OH is 1. The number of rotatable bonds is 8. The van der Waals surface area contributed by atoms with E-state index in [0.717, 1.165) is 11.1 Å². The van der Waals surface area contributed by atoms with Crippen LogP contribution in [0.3, 0.4) is 0 Å². The van der Waals surface area contributed by atoms with Gasteiger partial charge in [0.15, 0.2) is 0 Å². The van der Waals surface area contributed by atoms with Crippen molar-refractivity contribution < 1.29 is 29.0 Å². The van der Waals surface area contributed by atoms with Crippen LogP contribution in [-0.4, -0.2) is 64.3 Å². The van der Waals surface area contributed by atoms with Crippen molar-refractivity contribution in [2.45, 2.75) is 63.3 Å². The maximum absolute atomic E-state index is 14.2. The van der Waals surface area contributed by atoms with E-state index in [1.165, 1.54) is 4.90 Å². The van der Waals surface area contributed by atoms with E-state index in [2.05, 4.69) is 5.32 Å². The summed E-state index contributed by atoms with van der Waals surface area (Å²) in [5, 5.41) is 13.8. The average Bonchev–Trinajstić information content (AvgIpc) is 3.46. The number of benzene rings is 2. The number of aliphatic hydroxyl groups is 1. The lowest BCUT2D eigenvalue weighted by molar-refractivity contribution is -0.160. The fourth-order valence-electron chi connectivity index (χ4n) is 6.77. The van der Waals surface area contributed by atoms with E-state index in [9.17, 15) is 19.5 Å². The van der Waals surface area contributed by atoms with Crippen molar-refractivity contribution in [2.24, 2.45) is 11.8 Å². The minimum Gasteiger partial charge on any atom is -0.466 e. The van der Waals surface area contributed by atoms with Gasteiger partial charge in [-0.05, 0) is 57.2 Å². The monoisotopic (exact) mass is 540 g/mol. The molecule has 2 amide bonds. The predicted molar refractivity (Wildman–Crippen MR) is 142 cm³/mol. The quantitative estimate of drug-likeness (QED) is 0.496. The first kappa shape index (κ1) is 26.7. The van der Waals surface area contributed by atoms with E-state index in [-0.39, 0.29) is 19.1 Å². The number of anilines is 1. The maximum atomic E-state index is 14.2. The summed E-state index contributed by atoms with van der Waals surface area (Å²) in [4.78, 5) is 43.0. The van der Waals surface area contributed by atoms with Gasteiger partial charge in [-0.1, -0.05) is 54.1 Å². The lowest BCUT2D eigenvalue weighted by atomic mass is 9.66. The third kappa shape index (κ3) is 4.10. The zero-order valence-corrected chi connectivity index (χ0v) is 22.5. The lowest BCUT2D eigenvalue weighted by Crippen LogP contribution is -2.57. The SMILES string of the molecule is CCOC(=O)[C@H]1[C@H]2C(=O)N([C@@H](CO)Cc3ccccc3)C(C(=O)Nc3c(C)cccc3Cl)C23CC[C@]1(C)O3. The molecule has 38 heavy (non-hydrogen) atoms. The van der Waals surface area contributed by atoms with Crippen LogP contribution in [0.15, 0.2) is 48.5 Å². The van der Waals surface area contributed by atoms with E-state index >= 15 is 0 Å². The molecule has 0 radical (unpaired) electrons. The van der Waals surface area contributed by atoms with E-state index < -0.39 is 47.0 Å². The Labute approximate surface area is 227 Å². The zero-order valence-electron chi connectivity index (χ0n) is 21.8. The molecule has 9 heteroatoms. The Hall–Kier alpha value is -2.94. The molecule has 2 unspecified atom stereocenters. The number of fused-ring (bicyclic) bond motifs is 1. The van der Waals surface area contributed by atoms with Crippen LogP contribution in [0.5, 0.6) is 0 Å². The van der Waals surface area contributed by atoms with E-state index in [1.54, 1.807) is 19.1 Å². The van der Waals surface area contributed by atoms with Gasteiger partial charge in [-0.2, -0.15) is 0 Å². The molecule has 2 aromatic rings. The molecule has 0 aromatic heterocycles. The molecule has 2 aromatic carbocycles. The third-order valence-corrected chi connectivity index (χ3v) is 8.71. The molecule has 6 atom stereocenters. The van der Waals surface area contributed by atoms with Gasteiger partial charge in [-0.25, -0.2) is 0 Å². The predicted octanol–water partition coefficient (Wildman–Crippen LogP) is 3.52. The molecule has 1 spiro atoms. The van der Waals surface area contributed by atoms with Crippen molar-refractivity contribution in [3.8, 4) is 0 Å². The number of hydrogen-bond acceptors (Lipinski definition) is 6. The summed E-state index contributed by atoms with van der Waals surface area (Å²) in [6.45, 7) is 5.18. The molecule has 5 rings (SSSR count). The highest BCUT2D eigenvalue weighted by Crippen LogP contribution is 2.63. The van der Waals surface area contributed by atoms with Crippen LogP contribution < -0.4 is 5.32 Å². The zero-order chi connectivity index (χ0) is 27.2. The van der Waals surface area contributed by atoms with Gasteiger partial charge in [-0.3, -0.25) is 14.4 Å². The summed E-state index contributed by atoms with van der Waals surface area (Å²) in [7, 11) is 0. The Balaban J connectivity index is 1.59. The van der Waals surface area contributed by atoms with E-state index in [0.29, 0.717) is 30.0 Å². The number of para-hydroxylation sites is 1. The molecular weight excluding hydrogens is 508 g/mol. The van der Waals surface area contributed by atoms with Crippen LogP contribution in [0.25, 0.3) is 0 Å². The summed E-state index contributed by atoms with van der Waals surface area (Å²) >= 11 is 6.42. The number of nitrogens with zero attached hydrogens (tertiary/aromatic N) is 1. The van der Waals surface area contributed by atoms with Crippen LogP contribution in [-0.2, 0) is 30.3 Å². The Kier molecular flexibility index (Phi) is 7.00. The number of aryl methyl sites for hydroxylation is 1. The standard InChI is InChI=1S/C29H33ClN2O6/c1-4-37-27(36)22-21-26(35)32(19(16-33)15-18-10-6-5-7-11-18)24(29(21)14-13-28(22,3)38-29)25(34)31-23-17(2)9-8-12-20(23)30/h5-12,19,21-22,24,33H,4,13-16H2,1-3H3,(H,31,34)/t19-,21+,22-,24?,28+,29?/m1/s1. The highest BCUT2D eigenvalue weighted by atomic mass is 35.5. The number of carbonyl (C=O) groups is 3. The number of amides is 2. The molecule has 2 N–H and O–H groups in total. The van der Waals surface area contributed by atoms with Gasteiger partial charge >= 0.3 is 5.97 Å². The molecule has 0 saturated carbocycles. The summed E-state index contributed by atoms with van der Waals surface area (Å²) in [5.41, 5.74) is -0.0187. The molecule has 3 aliphatic rings. The highest BCUT2D eigenvalue weighted by molar-refractivity contribution is 6.34. The number of esters is 1. The van der Waals surface area contributed by atoms with Crippen LogP contribution in [0.1, 0.15) is 37.8 Å². The van der Waals surface area contributed by atoms with E-state index in [1.807, 2.05) is 50.2 Å². The molecule has 3 aliphatic heterocycles. The fourth-order valence-corrected chi connectivity index (χ4v) is 7.03. The van der Waals surface area contributed by atoms with Crippen LogP contribution in [0, 0.1) is 18.8 Å². The second kappa shape index (κ2) is 9.98. The van der Waals surface area contributed by atoms with Gasteiger partial charge in [0.1, 0.15) is 17.6 Å². The second-order valence-corrected chi connectivity index (χ2v) is 11.1. The third-order valence-electron chi connectivity index (χ3n) is 8.39. The Morgan fingerprint density at radius 1 is 1.21 bits per heavy atom. The molecule has 3 heterocycles. The van der Waals surface area contributed by atoms with Crippen LogP contribution >= 0.6 is 11.6 Å². The first-order valence-corrected chi connectivity index (χ1v) is 13.4. The fraction of sp³-hybridized carbons (Fsp3) is 0.483. The van der Waals surface area contributed by atoms with Gasteiger partial charge in [0, 0.05) is 0 Å². The molecule has 3 fully saturated rings. The normalized spacial score (nSPS) is 30.3. The second-order valence-electron chi connectivity index (χ2n) is 10.7. The number of nitrogens with one attached hydrogen (secondary N) is 1. The molecule has 2 bridgehead atoms. The van der Waals surface area contributed by atoms with Crippen LogP contribution in [0.2, 0.25) is 5.02 Å². The van der Waals surface area contributed by atoms with Gasteiger partial charge in [0.05, 0.1) is 41.5 Å². The topological polar surface area (TPSA) is 105 Å². The molecule has 0 aliphatic carbocycles. The number of carbonyl (C=O) groups excluding carboxylic acids is 3. The van der Waals surface area contributed by atoms with Gasteiger partial charge in [-0.15, -0.1) is 0 Å². The Bertz CT molecular complexity index is 1230. The molecule has 8 nitrogen and oxygen atoms in total. The lowest BCUT2D eigenvalue weighted by Gasteiger charge is -2.37. The minimum atomic E-state index is -1.23. The van der Waals surface area contributed by atoms with Gasteiger partial charge < -0.3 is 24.8 Å². The first-order chi connectivity index (χ1) is 18.2. The highest BCUT2D eigenvalue weighted by Gasteiger charge is 2.78. The number of halogens is 1. The summed E-state index contributed by atoms with van der Waals surface area (Å²) in [6, 6.07) is 13.0. The van der Waals surface area contributed by atoms with Crippen LogP contribution in [0.4, 0.5) is 5.69 Å². The van der Waals surface area contributed by atoms with E-state index in [4.69, 9.17) is 21.1 Å². The van der Waals surface area contributed by atoms with Crippen molar-refractivity contribution in [1.29, 1.82) is 0 Å². The van der Waals surface area contributed by atoms with Crippen molar-refractivity contribution >= 4 is 35.1 Å². The van der Waals surface area contributed by atoms with Crippen molar-refractivity contribution in [3.63, 3.8) is 0 Å². The largest absolute Gasteiger partial charge is 0.466 e. The number of ether oxygens (including phenoxy) is 2. The van der Waals surface area contributed by atoms with Crippen molar-refractivity contribution in [2.75, 3.05) is 18.5 Å². The molecule has 3 saturated heterocycles. The molecular formula is C29H33ClN2O6. The summed E-state index contributed by atoms with van der Waals surface area (Å²) < 4.78 is 12.0. The Morgan fingerprint density at radius 2 is 1.95 bits per heavy atom. The smallest absolute Gasteiger partial charge is 0.312 e. The average molecular weight is 541 g/mol.